The molecule has 15 heavy (non-hydrogen) atoms. The predicted octanol–water partition coefficient (Wildman–Crippen LogP) is 4.89. The van der Waals surface area contributed by atoms with Crippen LogP contribution in [-0.2, 0) is 0 Å². The molecule has 0 saturated heterocycles. The summed E-state index contributed by atoms with van der Waals surface area (Å²) < 4.78 is 0. The van der Waals surface area contributed by atoms with E-state index in [9.17, 15) is 0 Å². The van der Waals surface area contributed by atoms with E-state index in [1.807, 2.05) is 6.08 Å². The van der Waals surface area contributed by atoms with Crippen LogP contribution in [0.25, 0.3) is 0 Å². The first-order chi connectivity index (χ1) is 7.13. The Balaban J connectivity index is 2.51. The summed E-state index contributed by atoms with van der Waals surface area (Å²) in [5.74, 6) is 1.58. The first kappa shape index (κ1) is 12.3. The Morgan fingerprint density at radius 1 is 1.53 bits per heavy atom. The molecule has 0 heteroatoms. The van der Waals surface area contributed by atoms with Gasteiger partial charge in [-0.3, -0.25) is 0 Å². The monoisotopic (exact) mass is 204 g/mol. The molecule has 0 N–H and O–H groups in total. The molecule has 0 amide bonds. The van der Waals surface area contributed by atoms with Crippen molar-refractivity contribution in [3.05, 3.63) is 36.0 Å². The fourth-order valence-corrected chi connectivity index (χ4v) is 2.31. The molecule has 0 saturated carbocycles. The Morgan fingerprint density at radius 2 is 2.27 bits per heavy atom. The summed E-state index contributed by atoms with van der Waals surface area (Å²) in [6.07, 6.45) is 11.7. The van der Waals surface area contributed by atoms with Gasteiger partial charge in [0, 0.05) is 0 Å². The van der Waals surface area contributed by atoms with Crippen LogP contribution in [0, 0.1) is 11.8 Å². The minimum atomic E-state index is 0.775. The second kappa shape index (κ2) is 5.95. The average Bonchev–Trinajstić information content (AvgIpc) is 2.15. The van der Waals surface area contributed by atoms with E-state index in [0.717, 1.165) is 18.3 Å². The highest BCUT2D eigenvalue weighted by atomic mass is 14.2. The smallest absolute Gasteiger partial charge is 0.0190 e. The lowest BCUT2D eigenvalue weighted by Crippen LogP contribution is -2.06. The zero-order valence-corrected chi connectivity index (χ0v) is 10.4. The van der Waals surface area contributed by atoms with Gasteiger partial charge >= 0.3 is 0 Å². The highest BCUT2D eigenvalue weighted by Crippen LogP contribution is 2.29. The number of hydrogen-bond donors (Lipinski definition) is 0. The van der Waals surface area contributed by atoms with Crippen LogP contribution < -0.4 is 0 Å². The zero-order chi connectivity index (χ0) is 11.3. The van der Waals surface area contributed by atoms with Gasteiger partial charge in [0.2, 0.25) is 0 Å². The van der Waals surface area contributed by atoms with Gasteiger partial charge in [0.1, 0.15) is 0 Å². The van der Waals surface area contributed by atoms with Crippen molar-refractivity contribution in [2.75, 3.05) is 0 Å². The first-order valence-electron chi connectivity index (χ1n) is 6.12. The topological polar surface area (TPSA) is 0 Å². The molecule has 1 unspecified atom stereocenters. The van der Waals surface area contributed by atoms with E-state index in [2.05, 4.69) is 39.5 Å². The molecular formula is C15H24. The molecular weight excluding hydrogens is 180 g/mol. The van der Waals surface area contributed by atoms with Gasteiger partial charge in [-0.25, -0.2) is 0 Å². The fraction of sp³-hybridized carbons (Fsp3) is 0.600. The summed E-state index contributed by atoms with van der Waals surface area (Å²) in [6.45, 7) is 10.6. The zero-order valence-electron chi connectivity index (χ0n) is 10.4. The molecule has 0 radical (unpaired) electrons. The van der Waals surface area contributed by atoms with Crippen molar-refractivity contribution in [3.8, 4) is 0 Å². The largest absolute Gasteiger partial charge is 0.103 e. The molecule has 0 fully saturated rings. The molecule has 0 aromatic carbocycles. The lowest BCUT2D eigenvalue weighted by Gasteiger charge is -2.21. The van der Waals surface area contributed by atoms with Crippen LogP contribution in [-0.4, -0.2) is 0 Å². The van der Waals surface area contributed by atoms with E-state index in [1.165, 1.54) is 30.4 Å². The van der Waals surface area contributed by atoms with Crippen molar-refractivity contribution in [1.82, 2.24) is 0 Å². The summed E-state index contributed by atoms with van der Waals surface area (Å²) in [6, 6.07) is 0. The summed E-state index contributed by atoms with van der Waals surface area (Å²) in [4.78, 5) is 0. The van der Waals surface area contributed by atoms with E-state index in [4.69, 9.17) is 0 Å². The highest BCUT2D eigenvalue weighted by Gasteiger charge is 2.13. The maximum absolute atomic E-state index is 3.78. The van der Waals surface area contributed by atoms with Gasteiger partial charge in [0.25, 0.3) is 0 Å². The molecule has 0 spiro atoms. The van der Waals surface area contributed by atoms with E-state index in [0.29, 0.717) is 0 Å². The number of allylic oxidation sites excluding steroid dienone is 5. The Morgan fingerprint density at radius 3 is 2.80 bits per heavy atom. The molecule has 0 heterocycles. The highest BCUT2D eigenvalue weighted by molar-refractivity contribution is 5.33. The van der Waals surface area contributed by atoms with Gasteiger partial charge in [-0.2, -0.15) is 0 Å². The summed E-state index contributed by atoms with van der Waals surface area (Å²) in [7, 11) is 0. The van der Waals surface area contributed by atoms with Crippen molar-refractivity contribution in [2.24, 2.45) is 11.8 Å². The molecule has 0 nitrogen and oxygen atoms in total. The molecule has 0 aromatic heterocycles. The van der Waals surface area contributed by atoms with Crippen molar-refractivity contribution in [2.45, 2.75) is 46.5 Å². The SMILES string of the molecule is C=CCCC1=CCC(CC(C)C)C=C1C. The van der Waals surface area contributed by atoms with Crippen molar-refractivity contribution < 1.29 is 0 Å². The summed E-state index contributed by atoms with van der Waals surface area (Å²) in [5, 5.41) is 0. The van der Waals surface area contributed by atoms with E-state index in [-0.39, 0.29) is 0 Å². The molecule has 0 aliphatic heterocycles. The van der Waals surface area contributed by atoms with Crippen LogP contribution >= 0.6 is 0 Å². The van der Waals surface area contributed by atoms with Crippen LogP contribution in [0.1, 0.15) is 46.5 Å². The lowest BCUT2D eigenvalue weighted by atomic mass is 9.85. The van der Waals surface area contributed by atoms with Crippen LogP contribution in [0.5, 0.6) is 0 Å². The van der Waals surface area contributed by atoms with Gasteiger partial charge in [0.05, 0.1) is 0 Å². The van der Waals surface area contributed by atoms with Gasteiger partial charge < -0.3 is 0 Å². The third kappa shape index (κ3) is 4.07. The Labute approximate surface area is 94.8 Å². The van der Waals surface area contributed by atoms with E-state index < -0.39 is 0 Å². The fourth-order valence-electron chi connectivity index (χ4n) is 2.31. The minimum absolute atomic E-state index is 0.775. The molecule has 0 bridgehead atoms. The van der Waals surface area contributed by atoms with E-state index in [1.54, 1.807) is 0 Å². The summed E-state index contributed by atoms with van der Waals surface area (Å²) >= 11 is 0. The molecule has 1 rings (SSSR count). The lowest BCUT2D eigenvalue weighted by molar-refractivity contribution is 0.472. The number of hydrogen-bond acceptors (Lipinski definition) is 0. The van der Waals surface area contributed by atoms with Crippen LogP contribution in [0.4, 0.5) is 0 Å². The van der Waals surface area contributed by atoms with E-state index >= 15 is 0 Å². The third-order valence-electron chi connectivity index (χ3n) is 3.05. The Bertz CT molecular complexity index is 266. The van der Waals surface area contributed by atoms with Gasteiger partial charge in [-0.15, -0.1) is 6.58 Å². The molecule has 1 aliphatic carbocycles. The minimum Gasteiger partial charge on any atom is -0.103 e. The normalized spacial score (nSPS) is 21.2. The standard InChI is InChI=1S/C15H24/c1-5-6-7-15-9-8-14(10-12(2)3)11-13(15)4/h5,9,11-12,14H,1,6-8,10H2,2-4H3. The maximum atomic E-state index is 3.78. The molecule has 0 aromatic rings. The van der Waals surface area contributed by atoms with Gasteiger partial charge in [0.15, 0.2) is 0 Å². The second-order valence-corrected chi connectivity index (χ2v) is 5.03. The molecule has 1 atom stereocenters. The molecule has 1 aliphatic rings. The Hall–Kier alpha value is -0.780. The Kier molecular flexibility index (Phi) is 4.87. The summed E-state index contributed by atoms with van der Waals surface area (Å²) in [5.41, 5.74) is 3.03. The quantitative estimate of drug-likeness (QED) is 0.559. The molecule has 84 valence electrons. The van der Waals surface area contributed by atoms with Gasteiger partial charge in [-0.05, 0) is 50.0 Å². The van der Waals surface area contributed by atoms with Gasteiger partial charge in [-0.1, -0.05) is 37.6 Å². The maximum Gasteiger partial charge on any atom is -0.0190 e. The first-order valence-corrected chi connectivity index (χ1v) is 6.12. The second-order valence-electron chi connectivity index (χ2n) is 5.03. The van der Waals surface area contributed by atoms with Crippen LogP contribution in [0.15, 0.2) is 36.0 Å². The third-order valence-corrected chi connectivity index (χ3v) is 3.05. The van der Waals surface area contributed by atoms with Crippen molar-refractivity contribution >= 4 is 0 Å². The number of rotatable bonds is 5. The average molecular weight is 204 g/mol. The van der Waals surface area contributed by atoms with Crippen LogP contribution in [0.2, 0.25) is 0 Å². The van der Waals surface area contributed by atoms with Crippen molar-refractivity contribution in [3.63, 3.8) is 0 Å². The van der Waals surface area contributed by atoms with Crippen molar-refractivity contribution in [1.29, 1.82) is 0 Å². The van der Waals surface area contributed by atoms with Crippen LogP contribution in [0.3, 0.4) is 0 Å². The predicted molar refractivity (Wildman–Crippen MR) is 68.8 cm³/mol.